The predicted molar refractivity (Wildman–Crippen MR) is 51.5 cm³/mol. The van der Waals surface area contributed by atoms with Crippen molar-refractivity contribution in [1.82, 2.24) is 0 Å². The van der Waals surface area contributed by atoms with Gasteiger partial charge in [0.05, 0.1) is 0 Å². The fourth-order valence-electron chi connectivity index (χ4n) is 0.435. The largest absolute Gasteiger partial charge is 0.151 e. The molecule has 1 heteroatoms. The standard InChI is InChI=1S/C9H16S/c1-5-9(4)10-7-6-8(2)3/h5-6,9H,1,7H2,2-4H3. The summed E-state index contributed by atoms with van der Waals surface area (Å²) in [5.74, 6) is 1.11. The van der Waals surface area contributed by atoms with Crippen LogP contribution in [0.4, 0.5) is 0 Å². The molecule has 0 heterocycles. The van der Waals surface area contributed by atoms with Gasteiger partial charge in [-0.3, -0.25) is 0 Å². The Kier molecular flexibility index (Phi) is 5.51. The summed E-state index contributed by atoms with van der Waals surface area (Å²) in [6, 6.07) is 0. The fraction of sp³-hybridized carbons (Fsp3) is 0.556. The third-order valence-electron chi connectivity index (χ3n) is 1.18. The molecule has 0 rings (SSSR count). The Labute approximate surface area is 68.4 Å². The maximum atomic E-state index is 3.72. The van der Waals surface area contributed by atoms with Crippen molar-refractivity contribution in [2.45, 2.75) is 26.0 Å². The van der Waals surface area contributed by atoms with Crippen LogP contribution in [0.3, 0.4) is 0 Å². The van der Waals surface area contributed by atoms with E-state index in [4.69, 9.17) is 0 Å². The molecule has 0 saturated heterocycles. The summed E-state index contributed by atoms with van der Waals surface area (Å²) in [6.45, 7) is 10.1. The van der Waals surface area contributed by atoms with Crippen molar-refractivity contribution in [3.05, 3.63) is 24.3 Å². The summed E-state index contributed by atoms with van der Waals surface area (Å²) in [7, 11) is 0. The molecule has 0 aromatic rings. The highest BCUT2D eigenvalue weighted by molar-refractivity contribution is 8.00. The van der Waals surface area contributed by atoms with Crippen LogP contribution in [0.1, 0.15) is 20.8 Å². The summed E-state index contributed by atoms with van der Waals surface area (Å²) in [4.78, 5) is 0. The number of allylic oxidation sites excluding steroid dienone is 1. The predicted octanol–water partition coefficient (Wildman–Crippen LogP) is 3.26. The van der Waals surface area contributed by atoms with E-state index in [0.717, 1.165) is 5.75 Å². The van der Waals surface area contributed by atoms with E-state index in [-0.39, 0.29) is 0 Å². The third-order valence-corrected chi connectivity index (χ3v) is 2.26. The first-order valence-corrected chi connectivity index (χ1v) is 4.59. The monoisotopic (exact) mass is 156 g/mol. The molecule has 0 spiro atoms. The molecule has 58 valence electrons. The molecule has 0 aliphatic carbocycles. The second-order valence-corrected chi connectivity index (χ2v) is 3.97. The van der Waals surface area contributed by atoms with Crippen molar-refractivity contribution in [3.63, 3.8) is 0 Å². The summed E-state index contributed by atoms with van der Waals surface area (Å²) < 4.78 is 0. The van der Waals surface area contributed by atoms with Crippen molar-refractivity contribution in [2.24, 2.45) is 0 Å². The molecule has 0 aliphatic rings. The second-order valence-electron chi connectivity index (χ2n) is 2.56. The van der Waals surface area contributed by atoms with Crippen molar-refractivity contribution in [3.8, 4) is 0 Å². The minimum absolute atomic E-state index is 0.579. The summed E-state index contributed by atoms with van der Waals surface area (Å²) in [6.07, 6.45) is 4.22. The van der Waals surface area contributed by atoms with Gasteiger partial charge in [-0.1, -0.05) is 17.7 Å². The summed E-state index contributed by atoms with van der Waals surface area (Å²) in [5.41, 5.74) is 1.39. The Bertz CT molecular complexity index is 121. The van der Waals surface area contributed by atoms with Crippen molar-refractivity contribution in [1.29, 1.82) is 0 Å². The topological polar surface area (TPSA) is 0 Å². The highest BCUT2D eigenvalue weighted by Crippen LogP contribution is 2.11. The van der Waals surface area contributed by atoms with Crippen LogP contribution in [0, 0.1) is 0 Å². The van der Waals surface area contributed by atoms with Gasteiger partial charge in [0, 0.05) is 11.0 Å². The van der Waals surface area contributed by atoms with Gasteiger partial charge >= 0.3 is 0 Å². The maximum Gasteiger partial charge on any atom is 0.0199 e. The van der Waals surface area contributed by atoms with E-state index in [0.29, 0.717) is 5.25 Å². The van der Waals surface area contributed by atoms with E-state index in [2.05, 4.69) is 33.4 Å². The Morgan fingerprint density at radius 2 is 2.20 bits per heavy atom. The van der Waals surface area contributed by atoms with E-state index in [1.54, 1.807) is 0 Å². The lowest BCUT2D eigenvalue weighted by atomic mass is 10.3. The van der Waals surface area contributed by atoms with Gasteiger partial charge in [-0.2, -0.15) is 11.8 Å². The molecule has 0 bridgehead atoms. The number of thioether (sulfide) groups is 1. The quantitative estimate of drug-likeness (QED) is 0.563. The molecule has 1 atom stereocenters. The van der Waals surface area contributed by atoms with Crippen LogP contribution < -0.4 is 0 Å². The highest BCUT2D eigenvalue weighted by Gasteiger charge is 1.92. The van der Waals surface area contributed by atoms with Gasteiger partial charge in [0.2, 0.25) is 0 Å². The second kappa shape index (κ2) is 5.60. The molecule has 0 N–H and O–H groups in total. The SMILES string of the molecule is C=CC(C)SCC=C(C)C. The smallest absolute Gasteiger partial charge is 0.0199 e. The summed E-state index contributed by atoms with van der Waals surface area (Å²) >= 11 is 1.91. The van der Waals surface area contributed by atoms with Gasteiger partial charge in [0.1, 0.15) is 0 Å². The van der Waals surface area contributed by atoms with Gasteiger partial charge in [0.15, 0.2) is 0 Å². The van der Waals surface area contributed by atoms with Gasteiger partial charge in [-0.15, -0.1) is 6.58 Å². The minimum atomic E-state index is 0.579. The first-order valence-electron chi connectivity index (χ1n) is 3.54. The summed E-state index contributed by atoms with van der Waals surface area (Å²) in [5, 5.41) is 0.579. The Morgan fingerprint density at radius 1 is 1.60 bits per heavy atom. The van der Waals surface area contributed by atoms with E-state index in [1.807, 2.05) is 17.8 Å². The number of rotatable bonds is 4. The van der Waals surface area contributed by atoms with Crippen LogP contribution >= 0.6 is 11.8 Å². The lowest BCUT2D eigenvalue weighted by Gasteiger charge is -2.01. The Morgan fingerprint density at radius 3 is 2.60 bits per heavy atom. The van der Waals surface area contributed by atoms with E-state index >= 15 is 0 Å². The van der Waals surface area contributed by atoms with Crippen LogP contribution in [-0.4, -0.2) is 11.0 Å². The van der Waals surface area contributed by atoms with Gasteiger partial charge in [0.25, 0.3) is 0 Å². The number of hydrogen-bond donors (Lipinski definition) is 0. The highest BCUT2D eigenvalue weighted by atomic mass is 32.2. The molecule has 0 saturated carbocycles. The zero-order chi connectivity index (χ0) is 7.98. The van der Waals surface area contributed by atoms with E-state index in [1.165, 1.54) is 5.57 Å². The molecule has 0 aliphatic heterocycles. The first-order chi connectivity index (χ1) is 4.66. The normalized spacial score (nSPS) is 12.3. The van der Waals surface area contributed by atoms with Gasteiger partial charge in [-0.05, 0) is 20.8 Å². The minimum Gasteiger partial charge on any atom is -0.151 e. The van der Waals surface area contributed by atoms with Crippen molar-refractivity contribution < 1.29 is 0 Å². The number of hydrogen-bond acceptors (Lipinski definition) is 1. The third kappa shape index (κ3) is 5.96. The maximum absolute atomic E-state index is 3.72. The molecular weight excluding hydrogens is 140 g/mol. The van der Waals surface area contributed by atoms with Crippen molar-refractivity contribution >= 4 is 11.8 Å². The average molecular weight is 156 g/mol. The van der Waals surface area contributed by atoms with Crippen LogP contribution in [-0.2, 0) is 0 Å². The van der Waals surface area contributed by atoms with E-state index in [9.17, 15) is 0 Å². The zero-order valence-electron chi connectivity index (χ0n) is 7.05. The van der Waals surface area contributed by atoms with Crippen LogP contribution in [0.2, 0.25) is 0 Å². The van der Waals surface area contributed by atoms with Crippen LogP contribution in [0.25, 0.3) is 0 Å². The molecular formula is C9H16S. The van der Waals surface area contributed by atoms with Gasteiger partial charge in [-0.25, -0.2) is 0 Å². The zero-order valence-corrected chi connectivity index (χ0v) is 7.87. The fourth-order valence-corrected chi connectivity index (χ4v) is 1.30. The molecule has 10 heavy (non-hydrogen) atoms. The van der Waals surface area contributed by atoms with Crippen molar-refractivity contribution in [2.75, 3.05) is 5.75 Å². The lowest BCUT2D eigenvalue weighted by Crippen LogP contribution is -1.89. The molecule has 0 fully saturated rings. The molecule has 0 nitrogen and oxygen atoms in total. The van der Waals surface area contributed by atoms with Gasteiger partial charge < -0.3 is 0 Å². The molecule has 1 unspecified atom stereocenters. The molecule has 0 amide bonds. The van der Waals surface area contributed by atoms with E-state index < -0.39 is 0 Å². The molecule has 0 aromatic carbocycles. The van der Waals surface area contributed by atoms with Crippen LogP contribution in [0.15, 0.2) is 24.3 Å². The Hall–Kier alpha value is -0.170. The molecule has 0 radical (unpaired) electrons. The average Bonchev–Trinajstić information content (AvgIpc) is 1.87. The Balaban J connectivity index is 3.36. The van der Waals surface area contributed by atoms with Crippen LogP contribution in [0.5, 0.6) is 0 Å². The first kappa shape index (κ1) is 9.83. The lowest BCUT2D eigenvalue weighted by molar-refractivity contribution is 1.25. The molecule has 0 aromatic heterocycles.